The predicted molar refractivity (Wildman–Crippen MR) is 124 cm³/mol. The van der Waals surface area contributed by atoms with Crippen LogP contribution in [-0.2, 0) is 15.1 Å². The number of amides is 2. The van der Waals surface area contributed by atoms with Crippen LogP contribution in [0.1, 0.15) is 54.9 Å². The highest BCUT2D eigenvalue weighted by atomic mass is 35.5. The van der Waals surface area contributed by atoms with E-state index in [-0.39, 0.29) is 36.1 Å². The molecule has 1 aromatic heterocycles. The minimum Gasteiger partial charge on any atom is -0.378 e. The minimum absolute atomic E-state index is 0.0469. The zero-order chi connectivity index (χ0) is 23.8. The molecule has 0 unspecified atom stereocenters. The second-order valence-corrected chi connectivity index (χ2v) is 9.16. The third-order valence-corrected chi connectivity index (χ3v) is 6.51. The van der Waals surface area contributed by atoms with Crippen molar-refractivity contribution in [1.82, 2.24) is 20.4 Å². The van der Waals surface area contributed by atoms with Crippen molar-refractivity contribution in [3.63, 3.8) is 0 Å². The van der Waals surface area contributed by atoms with E-state index in [4.69, 9.17) is 21.7 Å². The van der Waals surface area contributed by atoms with Gasteiger partial charge in [0.25, 0.3) is 5.91 Å². The van der Waals surface area contributed by atoms with Gasteiger partial charge >= 0.3 is 0 Å². The first-order valence-corrected chi connectivity index (χ1v) is 11.3. The molecule has 174 valence electrons. The standard InChI is InChI=1S/C23H27ClN6O3/c1-13-7-8-18(29-28-13)21(32)26-17-6-4-5-16(20(17)24)23(3)12-19(31)30(22(25)27-23)15-9-10-33-14(2)11-15/h4-8,14-15H,9-12H2,1-3H3,(H2,25,27)(H,26,32)/t14-,15-,23+/m1/s1. The molecule has 2 aliphatic heterocycles. The fraction of sp³-hybridized carbons (Fsp3) is 0.435. The number of carbonyl (C=O) groups excluding carboxylic acids is 2. The molecule has 3 N–H and O–H groups in total. The van der Waals surface area contributed by atoms with Gasteiger partial charge in [-0.3, -0.25) is 19.9 Å². The van der Waals surface area contributed by atoms with Gasteiger partial charge in [0.2, 0.25) is 5.91 Å². The van der Waals surface area contributed by atoms with Gasteiger partial charge in [-0.15, -0.1) is 5.10 Å². The number of aromatic nitrogens is 2. The van der Waals surface area contributed by atoms with Crippen LogP contribution >= 0.6 is 11.6 Å². The van der Waals surface area contributed by atoms with Gasteiger partial charge in [0.15, 0.2) is 11.7 Å². The Kier molecular flexibility index (Phi) is 6.36. The van der Waals surface area contributed by atoms with Gasteiger partial charge in [0.1, 0.15) is 0 Å². The molecule has 4 rings (SSSR count). The van der Waals surface area contributed by atoms with E-state index in [9.17, 15) is 9.59 Å². The summed E-state index contributed by atoms with van der Waals surface area (Å²) in [4.78, 5) is 27.3. The average Bonchev–Trinajstić information content (AvgIpc) is 2.75. The topological polar surface area (TPSA) is 120 Å². The number of benzene rings is 1. The first-order valence-electron chi connectivity index (χ1n) is 10.9. The summed E-state index contributed by atoms with van der Waals surface area (Å²) in [6.07, 6.45) is 1.56. The molecule has 2 fully saturated rings. The van der Waals surface area contributed by atoms with Crippen molar-refractivity contribution in [2.24, 2.45) is 0 Å². The van der Waals surface area contributed by atoms with E-state index in [0.717, 1.165) is 0 Å². The summed E-state index contributed by atoms with van der Waals surface area (Å²) >= 11 is 6.69. The number of carbonyl (C=O) groups is 2. The first-order chi connectivity index (χ1) is 15.7. The molecule has 3 atom stereocenters. The molecule has 9 nitrogen and oxygen atoms in total. The summed E-state index contributed by atoms with van der Waals surface area (Å²) in [5.74, 6) is -0.527. The number of aryl methyl sites for hydroxylation is 1. The highest BCUT2D eigenvalue weighted by molar-refractivity contribution is 6.35. The molecular formula is C23H27ClN6O3. The lowest BCUT2D eigenvalue weighted by Crippen LogP contribution is -2.63. The van der Waals surface area contributed by atoms with Crippen molar-refractivity contribution in [2.45, 2.75) is 57.7 Å². The smallest absolute Gasteiger partial charge is 0.276 e. The monoisotopic (exact) mass is 470 g/mol. The number of hydrogen-bond donors (Lipinski definition) is 3. The molecule has 0 bridgehead atoms. The summed E-state index contributed by atoms with van der Waals surface area (Å²) < 4.78 is 5.59. The fourth-order valence-electron chi connectivity index (χ4n) is 4.40. The maximum Gasteiger partial charge on any atom is 0.276 e. The van der Waals surface area contributed by atoms with E-state index in [1.807, 2.05) is 13.8 Å². The molecule has 1 aromatic carbocycles. The summed E-state index contributed by atoms with van der Waals surface area (Å²) in [6, 6.07) is 8.46. The molecule has 3 heterocycles. The van der Waals surface area contributed by atoms with E-state index in [0.29, 0.717) is 41.4 Å². The molecule has 33 heavy (non-hydrogen) atoms. The van der Waals surface area contributed by atoms with Crippen LogP contribution in [0.3, 0.4) is 0 Å². The molecular weight excluding hydrogens is 444 g/mol. The molecule has 0 saturated carbocycles. The number of nitrogens with zero attached hydrogens (tertiary/aromatic N) is 3. The van der Waals surface area contributed by atoms with Crippen molar-refractivity contribution in [2.75, 3.05) is 11.9 Å². The average molecular weight is 471 g/mol. The van der Waals surface area contributed by atoms with Crippen molar-refractivity contribution < 1.29 is 14.3 Å². The Bertz CT molecular complexity index is 1070. The highest BCUT2D eigenvalue weighted by Crippen LogP contribution is 2.38. The fourth-order valence-corrected chi connectivity index (χ4v) is 4.78. The SMILES string of the molecule is Cc1ccc(C(=O)Nc2cccc([C@]3(C)CC(=O)N([C@@H]4CCO[C@H](C)C4)C(=N)N3)c2Cl)nn1. The molecule has 0 spiro atoms. The lowest BCUT2D eigenvalue weighted by Gasteiger charge is -2.45. The quantitative estimate of drug-likeness (QED) is 0.631. The van der Waals surface area contributed by atoms with Crippen LogP contribution in [0.2, 0.25) is 5.02 Å². The van der Waals surface area contributed by atoms with Gasteiger partial charge in [0, 0.05) is 12.6 Å². The van der Waals surface area contributed by atoms with Crippen LogP contribution in [0.25, 0.3) is 0 Å². The second kappa shape index (κ2) is 9.07. The summed E-state index contributed by atoms with van der Waals surface area (Å²) in [7, 11) is 0. The second-order valence-electron chi connectivity index (χ2n) is 8.79. The van der Waals surface area contributed by atoms with E-state index < -0.39 is 11.4 Å². The molecule has 2 aliphatic rings. The lowest BCUT2D eigenvalue weighted by atomic mass is 9.85. The predicted octanol–water partition coefficient (Wildman–Crippen LogP) is 3.23. The first kappa shape index (κ1) is 23.1. The van der Waals surface area contributed by atoms with Crippen LogP contribution in [-0.4, -0.2) is 51.6 Å². The van der Waals surface area contributed by atoms with E-state index in [1.165, 1.54) is 4.90 Å². The van der Waals surface area contributed by atoms with Crippen molar-refractivity contribution in [3.8, 4) is 0 Å². The van der Waals surface area contributed by atoms with Crippen molar-refractivity contribution in [1.29, 1.82) is 5.41 Å². The van der Waals surface area contributed by atoms with Crippen LogP contribution in [0.5, 0.6) is 0 Å². The molecule has 0 aliphatic carbocycles. The summed E-state index contributed by atoms with van der Waals surface area (Å²) in [5, 5.41) is 22.6. The Morgan fingerprint density at radius 3 is 2.79 bits per heavy atom. The minimum atomic E-state index is -0.900. The van der Waals surface area contributed by atoms with Gasteiger partial charge in [0.05, 0.1) is 34.5 Å². The Hall–Kier alpha value is -3.04. The lowest BCUT2D eigenvalue weighted by molar-refractivity contribution is -0.134. The number of hydrogen-bond acceptors (Lipinski definition) is 6. The number of anilines is 1. The van der Waals surface area contributed by atoms with Crippen LogP contribution < -0.4 is 10.6 Å². The van der Waals surface area contributed by atoms with Gasteiger partial charge < -0.3 is 15.4 Å². The Labute approximate surface area is 197 Å². The molecule has 0 radical (unpaired) electrons. The zero-order valence-electron chi connectivity index (χ0n) is 18.8. The third-order valence-electron chi connectivity index (χ3n) is 6.10. The number of rotatable bonds is 4. The molecule has 2 aromatic rings. The van der Waals surface area contributed by atoms with Crippen molar-refractivity contribution in [3.05, 3.63) is 52.3 Å². The zero-order valence-corrected chi connectivity index (χ0v) is 19.6. The largest absolute Gasteiger partial charge is 0.378 e. The molecule has 2 saturated heterocycles. The summed E-state index contributed by atoms with van der Waals surface area (Å²) in [6.45, 7) is 6.17. The van der Waals surface area contributed by atoms with E-state index >= 15 is 0 Å². The normalized spacial score (nSPS) is 25.5. The molecule has 10 heteroatoms. The number of halogens is 1. The number of ether oxygens (including phenoxy) is 1. The van der Waals surface area contributed by atoms with Gasteiger partial charge in [-0.1, -0.05) is 23.7 Å². The summed E-state index contributed by atoms with van der Waals surface area (Å²) in [5.41, 5.74) is 0.990. The maximum absolute atomic E-state index is 13.2. The van der Waals surface area contributed by atoms with Gasteiger partial charge in [-0.05, 0) is 57.4 Å². The van der Waals surface area contributed by atoms with Crippen LogP contribution in [0.4, 0.5) is 5.69 Å². The molecule has 2 amide bonds. The van der Waals surface area contributed by atoms with E-state index in [1.54, 1.807) is 37.3 Å². The van der Waals surface area contributed by atoms with Crippen LogP contribution in [0, 0.1) is 12.3 Å². The van der Waals surface area contributed by atoms with E-state index in [2.05, 4.69) is 20.8 Å². The third kappa shape index (κ3) is 4.69. The number of nitrogens with one attached hydrogen (secondary N) is 3. The number of guanidine groups is 1. The van der Waals surface area contributed by atoms with Crippen molar-refractivity contribution >= 4 is 35.1 Å². The Morgan fingerprint density at radius 1 is 1.33 bits per heavy atom. The maximum atomic E-state index is 13.2. The van der Waals surface area contributed by atoms with Crippen LogP contribution in [0.15, 0.2) is 30.3 Å². The van der Waals surface area contributed by atoms with Gasteiger partial charge in [-0.2, -0.15) is 5.10 Å². The Morgan fingerprint density at radius 2 is 2.12 bits per heavy atom. The van der Waals surface area contributed by atoms with Gasteiger partial charge in [-0.25, -0.2) is 0 Å². The Balaban J connectivity index is 1.55. The highest BCUT2D eigenvalue weighted by Gasteiger charge is 2.43.